The highest BCUT2D eigenvalue weighted by Crippen LogP contribution is 2.38. The zero-order valence-electron chi connectivity index (χ0n) is 10.4. The molecule has 102 valence electrons. The van der Waals surface area contributed by atoms with E-state index in [1.54, 1.807) is 13.2 Å². The van der Waals surface area contributed by atoms with Gasteiger partial charge in [-0.2, -0.15) is 0 Å². The fourth-order valence-corrected chi connectivity index (χ4v) is 2.50. The summed E-state index contributed by atoms with van der Waals surface area (Å²) in [6.07, 6.45) is 0. The average molecular weight is 302 g/mol. The molecule has 0 spiro atoms. The second-order valence-electron chi connectivity index (χ2n) is 4.31. The molecule has 3 rings (SSSR count). The van der Waals surface area contributed by atoms with Gasteiger partial charge in [0, 0.05) is 5.56 Å². The van der Waals surface area contributed by atoms with Crippen LogP contribution in [0.1, 0.15) is 12.5 Å². The molecule has 1 N–H and O–H groups in total. The summed E-state index contributed by atoms with van der Waals surface area (Å²) in [5.41, 5.74) is 1.67. The molecule has 19 heavy (non-hydrogen) atoms. The van der Waals surface area contributed by atoms with Gasteiger partial charge in [-0.3, -0.25) is 10.1 Å². The molecule has 7 heteroatoms. The molecule has 2 aliphatic rings. The number of ether oxygens (including phenoxy) is 1. The molecule has 2 aliphatic heterocycles. The molecule has 1 fully saturated rings. The maximum atomic E-state index is 11.6. The summed E-state index contributed by atoms with van der Waals surface area (Å²) in [5, 5.41) is 3.32. The van der Waals surface area contributed by atoms with Gasteiger partial charge in [0.05, 0.1) is 24.4 Å². The van der Waals surface area contributed by atoms with Crippen LogP contribution < -0.4 is 10.1 Å². The average Bonchev–Trinajstić information content (AvgIpc) is 2.64. The third-order valence-electron chi connectivity index (χ3n) is 3.31. The molecule has 0 saturated carbocycles. The SMILES string of the molecule is COc1ccc2c(c1Cl)CN1C(=N2)NC(=O)[C@@H]1C.Cl. The molecule has 0 unspecified atom stereocenters. The zero-order chi connectivity index (χ0) is 12.9. The maximum absolute atomic E-state index is 11.6. The first-order chi connectivity index (χ1) is 8.61. The lowest BCUT2D eigenvalue weighted by atomic mass is 10.1. The first kappa shape index (κ1) is 14.0. The fourth-order valence-electron chi connectivity index (χ4n) is 2.20. The minimum Gasteiger partial charge on any atom is -0.495 e. The van der Waals surface area contributed by atoms with E-state index in [-0.39, 0.29) is 24.4 Å². The van der Waals surface area contributed by atoms with Crippen LogP contribution >= 0.6 is 24.0 Å². The van der Waals surface area contributed by atoms with Gasteiger partial charge in [0.25, 0.3) is 0 Å². The number of nitrogens with one attached hydrogen (secondary N) is 1. The molecule has 1 aromatic rings. The molecule has 0 radical (unpaired) electrons. The number of methoxy groups -OCH3 is 1. The number of carbonyl (C=O) groups excluding carboxylic acids is 1. The molecule has 1 atom stereocenters. The molecule has 0 aromatic heterocycles. The van der Waals surface area contributed by atoms with E-state index in [0.717, 1.165) is 11.3 Å². The molecule has 0 bridgehead atoms. The van der Waals surface area contributed by atoms with Crippen LogP contribution in [0.15, 0.2) is 17.1 Å². The van der Waals surface area contributed by atoms with E-state index in [2.05, 4.69) is 10.3 Å². The predicted octanol–water partition coefficient (Wildman–Crippen LogP) is 2.09. The molecular formula is C12H13Cl2N3O2. The van der Waals surface area contributed by atoms with Crippen LogP contribution in [0.3, 0.4) is 0 Å². The Kier molecular flexibility index (Phi) is 3.60. The lowest BCUT2D eigenvalue weighted by Crippen LogP contribution is -2.35. The number of benzene rings is 1. The lowest BCUT2D eigenvalue weighted by molar-refractivity contribution is -0.121. The van der Waals surface area contributed by atoms with Gasteiger partial charge in [-0.1, -0.05) is 11.6 Å². The summed E-state index contributed by atoms with van der Waals surface area (Å²) in [7, 11) is 1.58. The number of guanidine groups is 1. The van der Waals surface area contributed by atoms with Crippen molar-refractivity contribution >= 4 is 41.6 Å². The van der Waals surface area contributed by atoms with Gasteiger partial charge in [-0.15, -0.1) is 12.4 Å². The summed E-state index contributed by atoms with van der Waals surface area (Å²) in [5.74, 6) is 1.19. The fraction of sp³-hybridized carbons (Fsp3) is 0.333. The number of hydrogen-bond donors (Lipinski definition) is 1. The monoisotopic (exact) mass is 301 g/mol. The van der Waals surface area contributed by atoms with E-state index in [1.807, 2.05) is 17.9 Å². The van der Waals surface area contributed by atoms with Gasteiger partial charge >= 0.3 is 0 Å². The highest BCUT2D eigenvalue weighted by Gasteiger charge is 2.36. The van der Waals surface area contributed by atoms with Crippen molar-refractivity contribution < 1.29 is 9.53 Å². The van der Waals surface area contributed by atoms with E-state index >= 15 is 0 Å². The minimum atomic E-state index is -0.223. The molecule has 1 amide bonds. The van der Waals surface area contributed by atoms with Crippen LogP contribution in [-0.4, -0.2) is 29.9 Å². The summed E-state index contributed by atoms with van der Waals surface area (Å²) >= 11 is 6.28. The number of carbonyl (C=O) groups is 1. The lowest BCUT2D eigenvalue weighted by Gasteiger charge is -2.27. The number of rotatable bonds is 1. The van der Waals surface area contributed by atoms with E-state index in [0.29, 0.717) is 23.3 Å². The second kappa shape index (κ2) is 4.90. The normalized spacial score (nSPS) is 19.9. The summed E-state index contributed by atoms with van der Waals surface area (Å²) in [6.45, 7) is 2.40. The Labute approximate surface area is 122 Å². The van der Waals surface area contributed by atoms with E-state index in [1.165, 1.54) is 0 Å². The third kappa shape index (κ3) is 2.03. The highest BCUT2D eigenvalue weighted by molar-refractivity contribution is 6.33. The summed E-state index contributed by atoms with van der Waals surface area (Å²) in [4.78, 5) is 17.9. The van der Waals surface area contributed by atoms with Crippen molar-refractivity contribution in [2.45, 2.75) is 19.5 Å². The molecule has 1 saturated heterocycles. The Morgan fingerprint density at radius 2 is 2.26 bits per heavy atom. The van der Waals surface area contributed by atoms with E-state index < -0.39 is 0 Å². The van der Waals surface area contributed by atoms with Gasteiger partial charge in [0.1, 0.15) is 11.8 Å². The van der Waals surface area contributed by atoms with E-state index in [9.17, 15) is 4.79 Å². The Bertz CT molecular complexity index is 574. The van der Waals surface area contributed by atoms with Crippen molar-refractivity contribution in [1.82, 2.24) is 10.2 Å². The van der Waals surface area contributed by atoms with Crippen molar-refractivity contribution in [3.63, 3.8) is 0 Å². The number of halogens is 2. The highest BCUT2D eigenvalue weighted by atomic mass is 35.5. The second-order valence-corrected chi connectivity index (χ2v) is 4.69. The van der Waals surface area contributed by atoms with Crippen molar-refractivity contribution in [3.8, 4) is 5.75 Å². The standard InChI is InChI=1S/C12H12ClN3O2.ClH/c1-6-11(17)15-12-14-8-3-4-9(18-2)10(13)7(8)5-16(6)12;/h3-4,6H,5H2,1-2H3,(H,14,15,17);1H/t6-;/m0./s1. The summed E-state index contributed by atoms with van der Waals surface area (Å²) < 4.78 is 5.19. The van der Waals surface area contributed by atoms with Gasteiger partial charge in [-0.05, 0) is 19.1 Å². The van der Waals surface area contributed by atoms with Gasteiger partial charge < -0.3 is 9.64 Å². The molecule has 1 aromatic carbocycles. The first-order valence-corrected chi connectivity index (χ1v) is 6.01. The Balaban J connectivity index is 0.00000133. The van der Waals surface area contributed by atoms with Crippen LogP contribution in [0.2, 0.25) is 5.02 Å². The predicted molar refractivity (Wildman–Crippen MR) is 75.5 cm³/mol. The van der Waals surface area contributed by atoms with Gasteiger partial charge in [0.2, 0.25) is 11.9 Å². The van der Waals surface area contributed by atoms with Crippen LogP contribution in [0, 0.1) is 0 Å². The Morgan fingerprint density at radius 1 is 1.53 bits per heavy atom. The molecular weight excluding hydrogens is 289 g/mol. The van der Waals surface area contributed by atoms with Gasteiger partial charge in [0.15, 0.2) is 0 Å². The van der Waals surface area contributed by atoms with Crippen LogP contribution in [-0.2, 0) is 11.3 Å². The van der Waals surface area contributed by atoms with Crippen molar-refractivity contribution in [2.75, 3.05) is 7.11 Å². The molecule has 0 aliphatic carbocycles. The molecule has 5 nitrogen and oxygen atoms in total. The van der Waals surface area contributed by atoms with Crippen molar-refractivity contribution in [2.24, 2.45) is 4.99 Å². The van der Waals surface area contributed by atoms with Crippen molar-refractivity contribution in [1.29, 1.82) is 0 Å². The van der Waals surface area contributed by atoms with Crippen LogP contribution in [0.25, 0.3) is 0 Å². The van der Waals surface area contributed by atoms with Gasteiger partial charge in [-0.25, -0.2) is 4.99 Å². The number of fused-ring (bicyclic) bond motifs is 2. The third-order valence-corrected chi connectivity index (χ3v) is 3.73. The minimum absolute atomic E-state index is 0. The Morgan fingerprint density at radius 3 is 2.95 bits per heavy atom. The Hall–Kier alpha value is -1.46. The number of hydrogen-bond acceptors (Lipinski definition) is 4. The van der Waals surface area contributed by atoms with Crippen LogP contribution in [0.4, 0.5) is 5.69 Å². The largest absolute Gasteiger partial charge is 0.495 e. The quantitative estimate of drug-likeness (QED) is 0.864. The zero-order valence-corrected chi connectivity index (χ0v) is 12.0. The number of aliphatic imine (C=N–C) groups is 1. The number of nitrogens with zero attached hydrogens (tertiary/aromatic N) is 2. The topological polar surface area (TPSA) is 53.9 Å². The molecule has 2 heterocycles. The number of amides is 1. The van der Waals surface area contributed by atoms with Crippen molar-refractivity contribution in [3.05, 3.63) is 22.7 Å². The van der Waals surface area contributed by atoms with Crippen LogP contribution in [0.5, 0.6) is 5.75 Å². The first-order valence-electron chi connectivity index (χ1n) is 5.63. The maximum Gasteiger partial charge on any atom is 0.249 e. The smallest absolute Gasteiger partial charge is 0.249 e. The summed E-state index contributed by atoms with van der Waals surface area (Å²) in [6, 6.07) is 3.40. The van der Waals surface area contributed by atoms with E-state index in [4.69, 9.17) is 16.3 Å².